The number of esters is 1. The van der Waals surface area contributed by atoms with Crippen LogP contribution in [0, 0.1) is 5.82 Å². The van der Waals surface area contributed by atoms with Crippen molar-refractivity contribution in [1.29, 1.82) is 0 Å². The van der Waals surface area contributed by atoms with Gasteiger partial charge in [-0.15, -0.1) is 11.3 Å². The van der Waals surface area contributed by atoms with Gasteiger partial charge < -0.3 is 4.74 Å². The minimum absolute atomic E-state index is 0.280. The third kappa shape index (κ3) is 3.47. The number of aromatic nitrogens is 1. The number of halogens is 2. The molecule has 0 aliphatic rings. The van der Waals surface area contributed by atoms with Crippen LogP contribution in [0.2, 0.25) is 5.02 Å². The first-order valence-electron chi connectivity index (χ1n) is 7.28. The molecule has 0 bridgehead atoms. The minimum atomic E-state index is -0.423. The summed E-state index contributed by atoms with van der Waals surface area (Å²) in [5.41, 5.74) is 2.05. The Hall–Kier alpha value is -2.24. The van der Waals surface area contributed by atoms with E-state index < -0.39 is 5.97 Å². The summed E-state index contributed by atoms with van der Waals surface area (Å²) in [6, 6.07) is 13.1. The van der Waals surface area contributed by atoms with E-state index in [-0.39, 0.29) is 12.4 Å². The molecule has 0 aliphatic carbocycles. The molecule has 0 saturated heterocycles. The molecule has 2 aromatic carbocycles. The number of hydrogen-bond acceptors (Lipinski definition) is 4. The highest BCUT2D eigenvalue weighted by Crippen LogP contribution is 2.34. The summed E-state index contributed by atoms with van der Waals surface area (Å²) in [5.74, 6) is -0.743. The fraction of sp³-hybridized carbons (Fsp3) is 0.111. The van der Waals surface area contributed by atoms with Crippen molar-refractivity contribution >= 4 is 28.9 Å². The van der Waals surface area contributed by atoms with Crippen LogP contribution in [0.5, 0.6) is 0 Å². The first-order chi connectivity index (χ1) is 11.6. The van der Waals surface area contributed by atoms with Crippen molar-refractivity contribution in [2.75, 3.05) is 6.61 Å². The number of carbonyl (C=O) groups is 1. The SMILES string of the molecule is CCOC(=O)c1sc(-c2ccc(F)cc2)nc1-c1ccc(Cl)cc1. The van der Waals surface area contributed by atoms with Crippen LogP contribution in [0.1, 0.15) is 16.6 Å². The molecule has 0 amide bonds. The van der Waals surface area contributed by atoms with Crippen LogP contribution >= 0.6 is 22.9 Å². The average Bonchev–Trinajstić information content (AvgIpc) is 3.02. The number of ether oxygens (including phenoxy) is 1. The summed E-state index contributed by atoms with van der Waals surface area (Å²) in [6.07, 6.45) is 0. The Bertz CT molecular complexity index is 860. The molecule has 24 heavy (non-hydrogen) atoms. The lowest BCUT2D eigenvalue weighted by atomic mass is 10.1. The Morgan fingerprint density at radius 3 is 2.38 bits per heavy atom. The van der Waals surface area contributed by atoms with Gasteiger partial charge in [-0.05, 0) is 43.3 Å². The Morgan fingerprint density at radius 1 is 1.12 bits per heavy atom. The standard InChI is InChI=1S/C18H13ClFNO2S/c1-2-23-18(22)16-15(11-3-7-13(19)8-4-11)21-17(24-16)12-5-9-14(20)10-6-12/h3-10H,2H2,1H3. The van der Waals surface area contributed by atoms with E-state index in [4.69, 9.17) is 16.3 Å². The van der Waals surface area contributed by atoms with Gasteiger partial charge in [0, 0.05) is 16.1 Å². The highest BCUT2D eigenvalue weighted by Gasteiger charge is 2.21. The maximum atomic E-state index is 13.1. The number of thiazole rings is 1. The van der Waals surface area contributed by atoms with Crippen molar-refractivity contribution in [3.8, 4) is 21.8 Å². The molecule has 0 radical (unpaired) electrons. The van der Waals surface area contributed by atoms with Crippen molar-refractivity contribution in [2.45, 2.75) is 6.92 Å². The average molecular weight is 362 g/mol. The first-order valence-corrected chi connectivity index (χ1v) is 8.47. The highest BCUT2D eigenvalue weighted by atomic mass is 35.5. The number of hydrogen-bond donors (Lipinski definition) is 0. The molecular weight excluding hydrogens is 349 g/mol. The zero-order valence-electron chi connectivity index (χ0n) is 12.8. The van der Waals surface area contributed by atoms with E-state index in [0.29, 0.717) is 20.6 Å². The molecule has 3 nitrogen and oxygen atoms in total. The fourth-order valence-corrected chi connectivity index (χ4v) is 3.29. The molecule has 0 unspecified atom stereocenters. The molecule has 3 aromatic rings. The minimum Gasteiger partial charge on any atom is -0.462 e. The highest BCUT2D eigenvalue weighted by molar-refractivity contribution is 7.17. The van der Waals surface area contributed by atoms with Gasteiger partial charge >= 0.3 is 5.97 Å². The molecule has 1 aromatic heterocycles. The Morgan fingerprint density at radius 2 is 1.75 bits per heavy atom. The van der Waals surface area contributed by atoms with Gasteiger partial charge in [0.2, 0.25) is 0 Å². The third-order valence-corrected chi connectivity index (χ3v) is 4.63. The lowest BCUT2D eigenvalue weighted by Gasteiger charge is -2.02. The van der Waals surface area contributed by atoms with Crippen LogP contribution in [-0.4, -0.2) is 17.6 Å². The zero-order chi connectivity index (χ0) is 17.1. The van der Waals surface area contributed by atoms with Crippen molar-refractivity contribution in [2.24, 2.45) is 0 Å². The van der Waals surface area contributed by atoms with E-state index in [9.17, 15) is 9.18 Å². The molecule has 122 valence electrons. The van der Waals surface area contributed by atoms with Gasteiger partial charge in [0.25, 0.3) is 0 Å². The predicted octanol–water partition coefficient (Wildman–Crippen LogP) is 5.45. The van der Waals surface area contributed by atoms with Gasteiger partial charge in [-0.3, -0.25) is 0 Å². The number of rotatable bonds is 4. The molecule has 0 aliphatic heterocycles. The molecule has 0 fully saturated rings. The molecule has 0 atom stereocenters. The number of carbonyl (C=O) groups excluding carboxylic acids is 1. The smallest absolute Gasteiger partial charge is 0.350 e. The Kier molecular flexibility index (Phi) is 4.92. The normalized spacial score (nSPS) is 10.6. The van der Waals surface area contributed by atoms with Gasteiger partial charge in [-0.1, -0.05) is 23.7 Å². The van der Waals surface area contributed by atoms with E-state index in [0.717, 1.165) is 11.1 Å². The van der Waals surface area contributed by atoms with Gasteiger partial charge in [-0.25, -0.2) is 14.2 Å². The topological polar surface area (TPSA) is 39.2 Å². The van der Waals surface area contributed by atoms with Gasteiger partial charge in [0.05, 0.1) is 12.3 Å². The van der Waals surface area contributed by atoms with Crippen LogP contribution in [-0.2, 0) is 4.74 Å². The molecule has 3 rings (SSSR count). The largest absolute Gasteiger partial charge is 0.462 e. The van der Waals surface area contributed by atoms with E-state index in [1.807, 2.05) is 0 Å². The zero-order valence-corrected chi connectivity index (χ0v) is 14.3. The van der Waals surface area contributed by atoms with Crippen molar-refractivity contribution in [3.05, 3.63) is 64.2 Å². The van der Waals surface area contributed by atoms with Crippen molar-refractivity contribution in [1.82, 2.24) is 4.98 Å². The third-order valence-electron chi connectivity index (χ3n) is 3.30. The van der Waals surface area contributed by atoms with Gasteiger partial charge in [-0.2, -0.15) is 0 Å². The van der Waals surface area contributed by atoms with Gasteiger partial charge in [0.15, 0.2) is 0 Å². The first kappa shape index (κ1) is 16.6. The monoisotopic (exact) mass is 361 g/mol. The van der Waals surface area contributed by atoms with E-state index >= 15 is 0 Å². The van der Waals surface area contributed by atoms with E-state index in [1.165, 1.54) is 23.5 Å². The summed E-state index contributed by atoms with van der Waals surface area (Å²) < 4.78 is 18.2. The quantitative estimate of drug-likeness (QED) is 0.580. The molecule has 0 N–H and O–H groups in total. The molecule has 0 spiro atoms. The van der Waals surface area contributed by atoms with E-state index in [2.05, 4.69) is 4.98 Å². The van der Waals surface area contributed by atoms with Crippen LogP contribution in [0.4, 0.5) is 4.39 Å². The second kappa shape index (κ2) is 7.11. The van der Waals surface area contributed by atoms with Crippen molar-refractivity contribution in [3.63, 3.8) is 0 Å². The maximum Gasteiger partial charge on any atom is 0.350 e. The summed E-state index contributed by atoms with van der Waals surface area (Å²) in [4.78, 5) is 17.2. The second-order valence-electron chi connectivity index (χ2n) is 4.93. The van der Waals surface area contributed by atoms with Gasteiger partial charge in [0.1, 0.15) is 15.7 Å². The Labute approximate surface area is 147 Å². The summed E-state index contributed by atoms with van der Waals surface area (Å²) >= 11 is 7.15. The second-order valence-corrected chi connectivity index (χ2v) is 6.37. The van der Waals surface area contributed by atoms with Crippen LogP contribution in [0.15, 0.2) is 48.5 Å². The van der Waals surface area contributed by atoms with E-state index in [1.54, 1.807) is 43.3 Å². The molecule has 1 heterocycles. The lowest BCUT2D eigenvalue weighted by Crippen LogP contribution is -2.03. The predicted molar refractivity (Wildman–Crippen MR) is 93.9 cm³/mol. The van der Waals surface area contributed by atoms with Crippen LogP contribution in [0.25, 0.3) is 21.8 Å². The number of nitrogens with zero attached hydrogens (tertiary/aromatic N) is 1. The summed E-state index contributed by atoms with van der Waals surface area (Å²) in [6.45, 7) is 2.03. The summed E-state index contributed by atoms with van der Waals surface area (Å²) in [5, 5.41) is 1.23. The lowest BCUT2D eigenvalue weighted by molar-refractivity contribution is 0.0532. The fourth-order valence-electron chi connectivity index (χ4n) is 2.17. The number of benzene rings is 2. The van der Waals surface area contributed by atoms with Crippen molar-refractivity contribution < 1.29 is 13.9 Å². The summed E-state index contributed by atoms with van der Waals surface area (Å²) in [7, 11) is 0. The molecule has 0 saturated carbocycles. The Balaban J connectivity index is 2.10. The van der Waals surface area contributed by atoms with Crippen LogP contribution < -0.4 is 0 Å². The molecular formula is C18H13ClFNO2S. The van der Waals surface area contributed by atoms with Crippen LogP contribution in [0.3, 0.4) is 0 Å². The molecule has 6 heteroatoms. The maximum absolute atomic E-state index is 13.1.